The minimum atomic E-state index is -0.514. The molecule has 1 saturated carbocycles. The molecule has 2 N–H and O–H groups in total. The summed E-state index contributed by atoms with van der Waals surface area (Å²) in [7, 11) is 0. The van der Waals surface area contributed by atoms with Gasteiger partial charge in [-0.3, -0.25) is 0 Å². The van der Waals surface area contributed by atoms with Crippen molar-refractivity contribution in [2.45, 2.75) is 96.5 Å². The lowest BCUT2D eigenvalue weighted by atomic mass is 9.88. The summed E-state index contributed by atoms with van der Waals surface area (Å²) in [4.78, 5) is 0. The van der Waals surface area contributed by atoms with Crippen molar-refractivity contribution in [3.05, 3.63) is 24.3 Å². The normalized spacial score (nSPS) is 25.2. The first kappa shape index (κ1) is 21.7. The van der Waals surface area contributed by atoms with Crippen LogP contribution in [0.1, 0.15) is 90.4 Å². The lowest BCUT2D eigenvalue weighted by Crippen LogP contribution is -2.11. The van der Waals surface area contributed by atoms with Crippen LogP contribution in [-0.4, -0.2) is 22.9 Å². The molecule has 0 aromatic carbocycles. The molecule has 2 rings (SSSR count). The molecule has 0 bridgehead atoms. The number of rotatable bonds is 15. The maximum atomic E-state index is 9.36. The summed E-state index contributed by atoms with van der Waals surface area (Å²) < 4.78 is 0. The van der Waals surface area contributed by atoms with Crippen molar-refractivity contribution in [3.8, 4) is 0 Å². The van der Waals surface area contributed by atoms with E-state index >= 15 is 0 Å². The quantitative estimate of drug-likeness (QED) is 0.275. The Bertz CT molecular complexity index is 410. The Balaban J connectivity index is 1.60. The Morgan fingerprint density at radius 2 is 1.88 bits per heavy atom. The first-order valence-electron chi connectivity index (χ1n) is 11.4. The summed E-state index contributed by atoms with van der Waals surface area (Å²) in [5.41, 5.74) is 0. The number of hydrogen-bond acceptors (Lipinski definition) is 2. The van der Waals surface area contributed by atoms with Crippen molar-refractivity contribution in [2.24, 2.45) is 23.7 Å². The molecule has 0 aromatic heterocycles. The molecule has 0 aliphatic heterocycles. The van der Waals surface area contributed by atoms with Crippen LogP contribution >= 0.6 is 0 Å². The smallest absolute Gasteiger partial charge is 0.0770 e. The zero-order chi connectivity index (χ0) is 18.6. The van der Waals surface area contributed by atoms with Gasteiger partial charge in [-0.25, -0.2) is 0 Å². The molecule has 1 fully saturated rings. The first-order chi connectivity index (χ1) is 12.7. The van der Waals surface area contributed by atoms with Crippen LogP contribution in [-0.2, 0) is 0 Å². The Morgan fingerprint density at radius 1 is 1.08 bits per heavy atom. The predicted octanol–water partition coefficient (Wildman–Crippen LogP) is 6.04. The second kappa shape index (κ2) is 12.7. The van der Waals surface area contributed by atoms with Gasteiger partial charge in [0.2, 0.25) is 0 Å². The number of allylic oxidation sites excluding steroid dienone is 4. The van der Waals surface area contributed by atoms with Gasteiger partial charge in [-0.1, -0.05) is 69.8 Å². The fraction of sp³-hybridized carbons (Fsp3) is 0.833. The SMILES string of the molecule is CCCC[C@@H](CC=C[C@H]1C=CC[C@@H]1CCCCCCC(O)CO)C1CC1. The molecular weight excluding hydrogens is 320 g/mol. The third kappa shape index (κ3) is 8.39. The monoisotopic (exact) mass is 362 g/mol. The summed E-state index contributed by atoms with van der Waals surface area (Å²) in [6.07, 6.45) is 25.8. The third-order valence-electron chi connectivity index (χ3n) is 6.43. The largest absolute Gasteiger partial charge is 0.394 e. The van der Waals surface area contributed by atoms with E-state index in [1.165, 1.54) is 70.6 Å². The van der Waals surface area contributed by atoms with Crippen molar-refractivity contribution in [1.82, 2.24) is 0 Å². The molecule has 150 valence electrons. The summed E-state index contributed by atoms with van der Waals surface area (Å²) >= 11 is 0. The van der Waals surface area contributed by atoms with E-state index in [1.807, 2.05) is 0 Å². The Kier molecular flexibility index (Phi) is 10.6. The molecule has 0 spiro atoms. The highest BCUT2D eigenvalue weighted by Gasteiger charge is 2.29. The van der Waals surface area contributed by atoms with Gasteiger partial charge in [0.1, 0.15) is 0 Å². The van der Waals surface area contributed by atoms with Gasteiger partial charge in [-0.2, -0.15) is 0 Å². The van der Waals surface area contributed by atoms with Gasteiger partial charge in [0.25, 0.3) is 0 Å². The zero-order valence-electron chi connectivity index (χ0n) is 17.0. The van der Waals surface area contributed by atoms with Gasteiger partial charge in [0, 0.05) is 0 Å². The van der Waals surface area contributed by atoms with Crippen LogP contribution in [0.25, 0.3) is 0 Å². The number of unbranched alkanes of at least 4 members (excludes halogenated alkanes) is 4. The molecular formula is C24H42O2. The van der Waals surface area contributed by atoms with Gasteiger partial charge in [-0.15, -0.1) is 0 Å². The Labute approximate surface area is 161 Å². The van der Waals surface area contributed by atoms with Crippen LogP contribution < -0.4 is 0 Å². The molecule has 0 radical (unpaired) electrons. The van der Waals surface area contributed by atoms with Gasteiger partial charge in [0.05, 0.1) is 12.7 Å². The molecule has 2 aliphatic rings. The number of aliphatic hydroxyl groups is 2. The average Bonchev–Trinajstić information content (AvgIpc) is 3.40. The minimum Gasteiger partial charge on any atom is -0.394 e. The highest BCUT2D eigenvalue weighted by molar-refractivity contribution is 5.10. The van der Waals surface area contributed by atoms with Gasteiger partial charge in [-0.05, 0) is 68.6 Å². The molecule has 0 heterocycles. The standard InChI is InChI=1S/C24H42O2/c1-2-3-10-20(23-17-18-23)12-8-14-22-15-9-13-21(22)11-6-4-5-7-16-24(26)19-25/h8-9,14-15,20-26H,2-7,10-13,16-19H2,1H3/t20-,21-,22-,24?/m0/s1. The van der Waals surface area contributed by atoms with Crippen LogP contribution in [0.2, 0.25) is 0 Å². The van der Waals surface area contributed by atoms with E-state index in [4.69, 9.17) is 5.11 Å². The van der Waals surface area contributed by atoms with Crippen molar-refractivity contribution in [3.63, 3.8) is 0 Å². The Morgan fingerprint density at radius 3 is 2.62 bits per heavy atom. The first-order valence-corrected chi connectivity index (χ1v) is 11.4. The highest BCUT2D eigenvalue weighted by Crippen LogP contribution is 2.41. The van der Waals surface area contributed by atoms with E-state index < -0.39 is 6.10 Å². The number of aliphatic hydroxyl groups excluding tert-OH is 2. The third-order valence-corrected chi connectivity index (χ3v) is 6.43. The summed E-state index contributed by atoms with van der Waals surface area (Å²) in [6.45, 7) is 2.21. The number of hydrogen-bond donors (Lipinski definition) is 2. The van der Waals surface area contributed by atoms with E-state index in [0.717, 1.165) is 30.6 Å². The van der Waals surface area contributed by atoms with E-state index in [2.05, 4.69) is 31.2 Å². The maximum Gasteiger partial charge on any atom is 0.0770 e. The average molecular weight is 363 g/mol. The second-order valence-corrected chi connectivity index (χ2v) is 8.73. The molecule has 2 aliphatic carbocycles. The molecule has 2 nitrogen and oxygen atoms in total. The maximum absolute atomic E-state index is 9.36. The topological polar surface area (TPSA) is 40.5 Å². The van der Waals surface area contributed by atoms with E-state index in [9.17, 15) is 5.11 Å². The molecule has 0 amide bonds. The lowest BCUT2D eigenvalue weighted by Gasteiger charge is -2.17. The van der Waals surface area contributed by atoms with Crippen LogP contribution in [0.3, 0.4) is 0 Å². The Hall–Kier alpha value is -0.600. The highest BCUT2D eigenvalue weighted by atomic mass is 16.3. The van der Waals surface area contributed by atoms with Crippen LogP contribution in [0.4, 0.5) is 0 Å². The van der Waals surface area contributed by atoms with Gasteiger partial charge in [0.15, 0.2) is 0 Å². The van der Waals surface area contributed by atoms with E-state index in [0.29, 0.717) is 5.92 Å². The predicted molar refractivity (Wildman–Crippen MR) is 111 cm³/mol. The fourth-order valence-corrected chi connectivity index (χ4v) is 4.48. The molecule has 2 heteroatoms. The molecule has 4 atom stereocenters. The van der Waals surface area contributed by atoms with Crippen molar-refractivity contribution in [1.29, 1.82) is 0 Å². The van der Waals surface area contributed by atoms with Gasteiger partial charge < -0.3 is 10.2 Å². The zero-order valence-corrected chi connectivity index (χ0v) is 17.0. The second-order valence-electron chi connectivity index (χ2n) is 8.73. The molecule has 0 saturated heterocycles. The van der Waals surface area contributed by atoms with Crippen LogP contribution in [0, 0.1) is 23.7 Å². The van der Waals surface area contributed by atoms with Gasteiger partial charge >= 0.3 is 0 Å². The lowest BCUT2D eigenvalue weighted by molar-refractivity contribution is 0.0859. The molecule has 0 aromatic rings. The summed E-state index contributed by atoms with van der Waals surface area (Å²) in [5.74, 6) is 3.45. The minimum absolute atomic E-state index is 0.0954. The van der Waals surface area contributed by atoms with Crippen molar-refractivity contribution < 1.29 is 10.2 Å². The van der Waals surface area contributed by atoms with E-state index in [-0.39, 0.29) is 6.61 Å². The van der Waals surface area contributed by atoms with E-state index in [1.54, 1.807) is 0 Å². The van der Waals surface area contributed by atoms with Crippen molar-refractivity contribution in [2.75, 3.05) is 6.61 Å². The molecule has 26 heavy (non-hydrogen) atoms. The fourth-order valence-electron chi connectivity index (χ4n) is 4.48. The van der Waals surface area contributed by atoms with Crippen LogP contribution in [0.15, 0.2) is 24.3 Å². The van der Waals surface area contributed by atoms with Crippen molar-refractivity contribution >= 4 is 0 Å². The summed E-state index contributed by atoms with van der Waals surface area (Å²) in [6, 6.07) is 0. The van der Waals surface area contributed by atoms with Crippen LogP contribution in [0.5, 0.6) is 0 Å². The molecule has 1 unspecified atom stereocenters. The summed E-state index contributed by atoms with van der Waals surface area (Å²) in [5, 5.41) is 18.2.